The van der Waals surface area contributed by atoms with E-state index in [2.05, 4.69) is 15.3 Å². The summed E-state index contributed by atoms with van der Waals surface area (Å²) in [6.45, 7) is 1.64. The van der Waals surface area contributed by atoms with Crippen molar-refractivity contribution in [2.24, 2.45) is 0 Å². The Bertz CT molecular complexity index is 459. The third-order valence-corrected chi connectivity index (χ3v) is 2.80. The molecule has 0 aliphatic rings. The van der Waals surface area contributed by atoms with E-state index in [0.717, 1.165) is 30.8 Å². The first-order valence-corrected chi connectivity index (χ1v) is 5.93. The molecule has 0 saturated heterocycles. The fourth-order valence-electron chi connectivity index (χ4n) is 1.53. The molecular weight excluding hydrogens is 234 g/mol. The topological polar surface area (TPSA) is 37.8 Å². The maximum absolute atomic E-state index is 6.01. The number of hydrogen-bond donors (Lipinski definition) is 1. The smallest absolute Gasteiger partial charge is 0.0634 e. The number of aromatic nitrogens is 2. The molecule has 0 spiro atoms. The quantitative estimate of drug-likeness (QED) is 0.825. The molecule has 3 nitrogen and oxygen atoms in total. The van der Waals surface area contributed by atoms with E-state index in [1.54, 1.807) is 12.4 Å². The van der Waals surface area contributed by atoms with Crippen molar-refractivity contribution in [1.29, 1.82) is 0 Å². The largest absolute Gasteiger partial charge is 0.312 e. The zero-order valence-electron chi connectivity index (χ0n) is 9.44. The van der Waals surface area contributed by atoms with Crippen molar-refractivity contribution in [2.75, 3.05) is 6.54 Å². The average molecular weight is 248 g/mol. The van der Waals surface area contributed by atoms with E-state index < -0.39 is 0 Å². The molecule has 88 valence electrons. The Hall–Kier alpha value is -1.45. The lowest BCUT2D eigenvalue weighted by Gasteiger charge is -2.05. The van der Waals surface area contributed by atoms with E-state index in [-0.39, 0.29) is 0 Å². The molecule has 2 heterocycles. The minimum Gasteiger partial charge on any atom is -0.312 e. The fourth-order valence-corrected chi connectivity index (χ4v) is 1.72. The molecule has 2 aromatic heterocycles. The van der Waals surface area contributed by atoms with Crippen molar-refractivity contribution in [1.82, 2.24) is 15.3 Å². The van der Waals surface area contributed by atoms with Gasteiger partial charge in [0.05, 0.1) is 5.02 Å². The van der Waals surface area contributed by atoms with Crippen LogP contribution in [0, 0.1) is 0 Å². The van der Waals surface area contributed by atoms with Crippen molar-refractivity contribution >= 4 is 11.6 Å². The molecule has 0 unspecified atom stereocenters. The lowest BCUT2D eigenvalue weighted by Crippen LogP contribution is -2.17. The summed E-state index contributed by atoms with van der Waals surface area (Å²) in [5.74, 6) is 0. The number of nitrogens with one attached hydrogen (secondary N) is 1. The van der Waals surface area contributed by atoms with Crippen molar-refractivity contribution in [3.05, 3.63) is 59.1 Å². The molecule has 0 aliphatic heterocycles. The monoisotopic (exact) mass is 247 g/mol. The summed E-state index contributed by atoms with van der Waals surface area (Å²) in [6, 6.07) is 7.88. The lowest BCUT2D eigenvalue weighted by molar-refractivity contribution is 0.679. The molecule has 0 aliphatic carbocycles. The molecular formula is C13H14ClN3. The van der Waals surface area contributed by atoms with Crippen molar-refractivity contribution in [3.8, 4) is 0 Å². The van der Waals surface area contributed by atoms with Gasteiger partial charge in [-0.15, -0.1) is 0 Å². The molecule has 2 rings (SSSR count). The van der Waals surface area contributed by atoms with Crippen molar-refractivity contribution < 1.29 is 0 Å². The maximum atomic E-state index is 6.01. The van der Waals surface area contributed by atoms with Gasteiger partial charge in [-0.3, -0.25) is 9.97 Å². The van der Waals surface area contributed by atoms with Gasteiger partial charge in [0.2, 0.25) is 0 Å². The van der Waals surface area contributed by atoms with E-state index in [0.29, 0.717) is 5.02 Å². The normalized spacial score (nSPS) is 10.4. The Morgan fingerprint density at radius 3 is 2.88 bits per heavy atom. The van der Waals surface area contributed by atoms with Gasteiger partial charge in [-0.05, 0) is 23.8 Å². The average Bonchev–Trinajstić information content (AvgIpc) is 2.38. The van der Waals surface area contributed by atoms with Gasteiger partial charge in [0.25, 0.3) is 0 Å². The van der Waals surface area contributed by atoms with Gasteiger partial charge in [0, 0.05) is 43.8 Å². The van der Waals surface area contributed by atoms with Gasteiger partial charge in [0.1, 0.15) is 0 Å². The van der Waals surface area contributed by atoms with E-state index in [9.17, 15) is 0 Å². The standard InChI is InChI=1S/C13H14ClN3/c14-13-10-16-7-4-11(13)9-15-8-5-12-3-1-2-6-17-12/h1-4,6-7,10,15H,5,8-9H2. The minimum absolute atomic E-state index is 0.706. The minimum atomic E-state index is 0.706. The molecule has 1 N–H and O–H groups in total. The number of nitrogens with zero attached hydrogens (tertiary/aromatic N) is 2. The number of rotatable bonds is 5. The second kappa shape index (κ2) is 6.33. The van der Waals surface area contributed by atoms with Gasteiger partial charge in [0.15, 0.2) is 0 Å². The Morgan fingerprint density at radius 2 is 2.12 bits per heavy atom. The zero-order chi connectivity index (χ0) is 11.9. The first-order chi connectivity index (χ1) is 8.36. The maximum Gasteiger partial charge on any atom is 0.0634 e. The summed E-state index contributed by atoms with van der Waals surface area (Å²) >= 11 is 6.01. The Labute approximate surface area is 106 Å². The van der Waals surface area contributed by atoms with Gasteiger partial charge >= 0.3 is 0 Å². The van der Waals surface area contributed by atoms with Crippen LogP contribution in [0.1, 0.15) is 11.3 Å². The molecule has 17 heavy (non-hydrogen) atoms. The van der Waals surface area contributed by atoms with Crippen LogP contribution in [0.2, 0.25) is 5.02 Å². The summed E-state index contributed by atoms with van der Waals surface area (Å²) in [5, 5.41) is 4.05. The molecule has 0 radical (unpaired) electrons. The molecule has 0 fully saturated rings. The summed E-state index contributed by atoms with van der Waals surface area (Å²) in [7, 11) is 0. The fraction of sp³-hybridized carbons (Fsp3) is 0.231. The number of pyridine rings is 2. The first kappa shape index (κ1) is 12.0. The molecule has 0 bridgehead atoms. The third kappa shape index (κ3) is 3.80. The molecule has 4 heteroatoms. The van der Waals surface area contributed by atoms with Crippen LogP contribution in [-0.2, 0) is 13.0 Å². The van der Waals surface area contributed by atoms with Crippen molar-refractivity contribution in [2.45, 2.75) is 13.0 Å². The van der Waals surface area contributed by atoms with Crippen LogP contribution in [-0.4, -0.2) is 16.5 Å². The number of halogens is 1. The third-order valence-electron chi connectivity index (χ3n) is 2.46. The van der Waals surface area contributed by atoms with E-state index in [1.807, 2.05) is 30.5 Å². The highest BCUT2D eigenvalue weighted by molar-refractivity contribution is 6.31. The highest BCUT2D eigenvalue weighted by Gasteiger charge is 1.98. The van der Waals surface area contributed by atoms with Crippen LogP contribution in [0.25, 0.3) is 0 Å². The van der Waals surface area contributed by atoms with Crippen LogP contribution >= 0.6 is 11.6 Å². The van der Waals surface area contributed by atoms with E-state index in [4.69, 9.17) is 11.6 Å². The molecule has 0 saturated carbocycles. The Morgan fingerprint density at radius 1 is 1.18 bits per heavy atom. The van der Waals surface area contributed by atoms with Crippen LogP contribution in [0.15, 0.2) is 42.9 Å². The van der Waals surface area contributed by atoms with E-state index >= 15 is 0 Å². The highest BCUT2D eigenvalue weighted by atomic mass is 35.5. The van der Waals surface area contributed by atoms with Gasteiger partial charge in [-0.25, -0.2) is 0 Å². The summed E-state index contributed by atoms with van der Waals surface area (Å²) < 4.78 is 0. The predicted molar refractivity (Wildman–Crippen MR) is 68.9 cm³/mol. The molecule has 0 amide bonds. The summed E-state index contributed by atoms with van der Waals surface area (Å²) in [6.07, 6.45) is 6.15. The predicted octanol–water partition coefficient (Wildman–Crippen LogP) is 2.46. The summed E-state index contributed by atoms with van der Waals surface area (Å²) in [4.78, 5) is 8.22. The molecule has 2 aromatic rings. The first-order valence-electron chi connectivity index (χ1n) is 5.55. The molecule has 0 atom stereocenters. The second-order valence-electron chi connectivity index (χ2n) is 3.71. The van der Waals surface area contributed by atoms with Gasteiger partial charge < -0.3 is 5.32 Å². The summed E-state index contributed by atoms with van der Waals surface area (Å²) in [5.41, 5.74) is 2.17. The van der Waals surface area contributed by atoms with E-state index in [1.165, 1.54) is 0 Å². The number of hydrogen-bond acceptors (Lipinski definition) is 3. The highest BCUT2D eigenvalue weighted by Crippen LogP contribution is 2.12. The van der Waals surface area contributed by atoms with Crippen molar-refractivity contribution in [3.63, 3.8) is 0 Å². The van der Waals surface area contributed by atoms with Gasteiger partial charge in [-0.1, -0.05) is 17.7 Å². The van der Waals surface area contributed by atoms with Crippen LogP contribution < -0.4 is 5.32 Å². The van der Waals surface area contributed by atoms with Crippen LogP contribution in [0.4, 0.5) is 0 Å². The Balaban J connectivity index is 1.76. The SMILES string of the molecule is Clc1cnccc1CNCCc1ccccn1. The lowest BCUT2D eigenvalue weighted by atomic mass is 10.2. The zero-order valence-corrected chi connectivity index (χ0v) is 10.2. The van der Waals surface area contributed by atoms with Gasteiger partial charge in [-0.2, -0.15) is 0 Å². The molecule has 0 aromatic carbocycles. The van der Waals surface area contributed by atoms with Crippen LogP contribution in [0.3, 0.4) is 0 Å². The van der Waals surface area contributed by atoms with Crippen LogP contribution in [0.5, 0.6) is 0 Å². The second-order valence-corrected chi connectivity index (χ2v) is 4.12. The Kier molecular flexibility index (Phi) is 4.47.